The fourth-order valence-electron chi connectivity index (χ4n) is 1.18. The Balaban J connectivity index is 3.04. The maximum Gasteiger partial charge on any atom is 0.255 e. The topological polar surface area (TPSA) is 66.6 Å². The molecule has 0 heterocycles. The first-order valence-electron chi connectivity index (χ1n) is 4.58. The Kier molecular flexibility index (Phi) is 4.41. The van der Waals surface area contributed by atoms with E-state index < -0.39 is 0 Å². The third kappa shape index (κ3) is 2.78. The lowest BCUT2D eigenvalue weighted by atomic mass is 10.2. The van der Waals surface area contributed by atoms with E-state index in [0.29, 0.717) is 5.69 Å². The number of hydrogen-bond donors (Lipinski definition) is 2. The summed E-state index contributed by atoms with van der Waals surface area (Å²) in [6.45, 7) is 0.125. The summed E-state index contributed by atoms with van der Waals surface area (Å²) in [6.07, 6.45) is 0. The minimum Gasteiger partial charge on any atom is -0.397 e. The average Bonchev–Trinajstić information content (AvgIpc) is 2.23. The molecule has 0 saturated carbocycles. The number of amides is 1. The summed E-state index contributed by atoms with van der Waals surface area (Å²) in [4.78, 5) is 13.2. The molecule has 16 heavy (non-hydrogen) atoms. The summed E-state index contributed by atoms with van der Waals surface area (Å²) < 4.78 is 0. The third-order valence-corrected chi connectivity index (χ3v) is 2.74. The summed E-state index contributed by atoms with van der Waals surface area (Å²) in [5.74, 6) is -0.305. The number of anilines is 1. The van der Waals surface area contributed by atoms with Gasteiger partial charge in [-0.15, -0.1) is 0 Å². The van der Waals surface area contributed by atoms with E-state index in [2.05, 4.69) is 0 Å². The molecule has 0 radical (unpaired) electrons. The molecule has 0 saturated heterocycles. The number of likely N-dealkylation sites (N-methyl/N-ethyl adjacent to an activating group) is 1. The highest BCUT2D eigenvalue weighted by Gasteiger charge is 2.16. The number of carbonyl (C=O) groups excluding carboxylic acids is 1. The second-order valence-corrected chi connectivity index (χ2v) is 4.12. The Morgan fingerprint density at radius 3 is 2.62 bits per heavy atom. The van der Waals surface area contributed by atoms with Gasteiger partial charge in [-0.25, -0.2) is 0 Å². The molecule has 0 unspecified atom stereocenters. The average molecular weight is 263 g/mol. The Bertz CT molecular complexity index is 410. The lowest BCUT2D eigenvalue weighted by Crippen LogP contribution is -2.29. The third-order valence-electron chi connectivity index (χ3n) is 2.10. The number of nitrogens with zero attached hydrogens (tertiary/aromatic N) is 1. The minimum atomic E-state index is -0.305. The van der Waals surface area contributed by atoms with Gasteiger partial charge in [0.05, 0.1) is 27.9 Å². The van der Waals surface area contributed by atoms with Crippen LogP contribution in [0.3, 0.4) is 0 Å². The Morgan fingerprint density at radius 2 is 2.06 bits per heavy atom. The van der Waals surface area contributed by atoms with Crippen LogP contribution in [-0.2, 0) is 0 Å². The largest absolute Gasteiger partial charge is 0.397 e. The quantitative estimate of drug-likeness (QED) is 0.814. The fourth-order valence-corrected chi connectivity index (χ4v) is 1.60. The molecule has 0 aliphatic rings. The first-order valence-corrected chi connectivity index (χ1v) is 5.33. The molecule has 4 nitrogen and oxygen atoms in total. The molecule has 1 aromatic rings. The number of aliphatic hydroxyl groups excluding tert-OH is 1. The van der Waals surface area contributed by atoms with Crippen LogP contribution in [0.25, 0.3) is 0 Å². The second kappa shape index (κ2) is 5.39. The molecule has 0 aromatic heterocycles. The van der Waals surface area contributed by atoms with E-state index in [4.69, 9.17) is 34.0 Å². The van der Waals surface area contributed by atoms with Crippen LogP contribution in [0.4, 0.5) is 5.69 Å². The molecule has 1 amide bonds. The van der Waals surface area contributed by atoms with Crippen molar-refractivity contribution >= 4 is 34.8 Å². The Hall–Kier alpha value is -0.970. The molecule has 1 rings (SSSR count). The van der Waals surface area contributed by atoms with E-state index >= 15 is 0 Å². The van der Waals surface area contributed by atoms with Crippen LogP contribution in [-0.4, -0.2) is 36.1 Å². The zero-order valence-electron chi connectivity index (χ0n) is 8.70. The van der Waals surface area contributed by atoms with Gasteiger partial charge in [-0.3, -0.25) is 4.79 Å². The van der Waals surface area contributed by atoms with E-state index in [1.807, 2.05) is 0 Å². The molecule has 3 N–H and O–H groups in total. The lowest BCUT2D eigenvalue weighted by Gasteiger charge is -2.16. The maximum atomic E-state index is 11.8. The van der Waals surface area contributed by atoms with Crippen LogP contribution in [0.5, 0.6) is 0 Å². The molecular formula is C10H12Cl2N2O2. The van der Waals surface area contributed by atoms with E-state index in [1.54, 1.807) is 7.05 Å². The second-order valence-electron chi connectivity index (χ2n) is 3.30. The monoisotopic (exact) mass is 262 g/mol. The van der Waals surface area contributed by atoms with Crippen LogP contribution in [0.1, 0.15) is 10.4 Å². The molecule has 0 fully saturated rings. The molecule has 0 bridgehead atoms. The number of carbonyl (C=O) groups is 1. The van der Waals surface area contributed by atoms with Gasteiger partial charge in [0.2, 0.25) is 0 Å². The number of halogens is 2. The van der Waals surface area contributed by atoms with Gasteiger partial charge in [-0.2, -0.15) is 0 Å². The molecule has 0 spiro atoms. The highest BCUT2D eigenvalue weighted by molar-refractivity contribution is 6.37. The predicted octanol–water partition coefficient (Wildman–Crippen LogP) is 1.64. The fraction of sp³-hybridized carbons (Fsp3) is 0.300. The molecule has 6 heteroatoms. The zero-order chi connectivity index (χ0) is 12.3. The van der Waals surface area contributed by atoms with Gasteiger partial charge in [-0.1, -0.05) is 23.2 Å². The van der Waals surface area contributed by atoms with Crippen molar-refractivity contribution in [3.63, 3.8) is 0 Å². The van der Waals surface area contributed by atoms with Gasteiger partial charge in [0.1, 0.15) is 0 Å². The number of aliphatic hydroxyl groups is 1. The van der Waals surface area contributed by atoms with Crippen LogP contribution in [0, 0.1) is 0 Å². The van der Waals surface area contributed by atoms with Gasteiger partial charge < -0.3 is 15.7 Å². The summed E-state index contributed by atoms with van der Waals surface area (Å²) in [6, 6.07) is 2.86. The van der Waals surface area contributed by atoms with Crippen LogP contribution < -0.4 is 5.73 Å². The van der Waals surface area contributed by atoms with Crippen molar-refractivity contribution in [1.82, 2.24) is 4.90 Å². The molecule has 0 aliphatic heterocycles. The van der Waals surface area contributed by atoms with Crippen molar-refractivity contribution in [3.05, 3.63) is 27.7 Å². The molecular weight excluding hydrogens is 251 g/mol. The van der Waals surface area contributed by atoms with Crippen LogP contribution >= 0.6 is 23.2 Å². The van der Waals surface area contributed by atoms with Crippen molar-refractivity contribution in [2.45, 2.75) is 0 Å². The SMILES string of the molecule is CN(CCO)C(=O)c1cc(Cl)c(N)cc1Cl. The van der Waals surface area contributed by atoms with Crippen molar-refractivity contribution < 1.29 is 9.90 Å². The zero-order valence-corrected chi connectivity index (χ0v) is 10.2. The number of nitrogen functional groups attached to an aromatic ring is 1. The number of hydrogen-bond acceptors (Lipinski definition) is 3. The maximum absolute atomic E-state index is 11.8. The van der Waals surface area contributed by atoms with Gasteiger partial charge in [0, 0.05) is 13.6 Å². The van der Waals surface area contributed by atoms with Gasteiger partial charge in [0.25, 0.3) is 5.91 Å². The van der Waals surface area contributed by atoms with E-state index in [0.717, 1.165) is 0 Å². The van der Waals surface area contributed by atoms with Crippen molar-refractivity contribution in [2.75, 3.05) is 25.9 Å². The number of nitrogens with two attached hydrogens (primary N) is 1. The van der Waals surface area contributed by atoms with Gasteiger partial charge in [-0.05, 0) is 12.1 Å². The summed E-state index contributed by atoms with van der Waals surface area (Å²) in [7, 11) is 1.57. The lowest BCUT2D eigenvalue weighted by molar-refractivity contribution is 0.0767. The molecule has 1 aromatic carbocycles. The molecule has 0 atom stereocenters. The van der Waals surface area contributed by atoms with Crippen LogP contribution in [0.2, 0.25) is 10.0 Å². The highest BCUT2D eigenvalue weighted by Crippen LogP contribution is 2.27. The first-order chi connectivity index (χ1) is 7.47. The summed E-state index contributed by atoms with van der Waals surface area (Å²) >= 11 is 11.7. The van der Waals surface area contributed by atoms with Gasteiger partial charge >= 0.3 is 0 Å². The number of rotatable bonds is 3. The van der Waals surface area contributed by atoms with Crippen molar-refractivity contribution in [3.8, 4) is 0 Å². The van der Waals surface area contributed by atoms with Crippen molar-refractivity contribution in [1.29, 1.82) is 0 Å². The normalized spacial score (nSPS) is 10.2. The molecule has 88 valence electrons. The minimum absolute atomic E-state index is 0.109. The van der Waals surface area contributed by atoms with E-state index in [-0.39, 0.29) is 34.7 Å². The number of benzene rings is 1. The van der Waals surface area contributed by atoms with Crippen LogP contribution in [0.15, 0.2) is 12.1 Å². The summed E-state index contributed by atoms with van der Waals surface area (Å²) in [5, 5.41) is 9.26. The smallest absolute Gasteiger partial charge is 0.255 e. The highest BCUT2D eigenvalue weighted by atomic mass is 35.5. The first kappa shape index (κ1) is 13.1. The van der Waals surface area contributed by atoms with Gasteiger partial charge in [0.15, 0.2) is 0 Å². The Labute approximate surface area is 104 Å². The molecule has 0 aliphatic carbocycles. The van der Waals surface area contributed by atoms with Crippen molar-refractivity contribution in [2.24, 2.45) is 0 Å². The Morgan fingerprint density at radius 1 is 1.44 bits per heavy atom. The van der Waals surface area contributed by atoms with E-state index in [9.17, 15) is 4.79 Å². The van der Waals surface area contributed by atoms with E-state index in [1.165, 1.54) is 17.0 Å². The summed E-state index contributed by atoms with van der Waals surface area (Å²) in [5.41, 5.74) is 6.14. The standard InChI is InChI=1S/C10H12Cl2N2O2/c1-14(2-3-15)10(16)6-4-8(12)9(13)5-7(6)11/h4-5,15H,2-3,13H2,1H3. The predicted molar refractivity (Wildman–Crippen MR) is 64.9 cm³/mol.